The van der Waals surface area contributed by atoms with Crippen LogP contribution in [0.1, 0.15) is 19.8 Å². The van der Waals surface area contributed by atoms with Gasteiger partial charge in [-0.05, 0) is 25.5 Å². The molecule has 0 saturated carbocycles. The first kappa shape index (κ1) is 9.36. The molecule has 1 unspecified atom stereocenters. The molecule has 0 spiro atoms. The Hall–Kier alpha value is 0.270. The van der Waals surface area contributed by atoms with Gasteiger partial charge in [-0.3, -0.25) is 10.4 Å². The van der Waals surface area contributed by atoms with E-state index in [4.69, 9.17) is 0 Å². The molecule has 1 saturated heterocycles. The van der Waals surface area contributed by atoms with Gasteiger partial charge in [0.1, 0.15) is 0 Å². The van der Waals surface area contributed by atoms with Crippen molar-refractivity contribution in [1.82, 2.24) is 10.4 Å². The van der Waals surface area contributed by atoms with Crippen LogP contribution >= 0.6 is 11.8 Å². The van der Waals surface area contributed by atoms with E-state index >= 15 is 0 Å². The summed E-state index contributed by atoms with van der Waals surface area (Å²) in [5, 5.41) is 2.03. The quantitative estimate of drug-likeness (QED) is 0.650. The second-order valence-corrected chi connectivity index (χ2v) is 5.31. The van der Waals surface area contributed by atoms with E-state index in [1.165, 1.54) is 18.6 Å². The monoisotopic (exact) mass is 174 g/mol. The zero-order chi connectivity index (χ0) is 8.32. The average molecular weight is 174 g/mol. The summed E-state index contributed by atoms with van der Waals surface area (Å²) in [6.07, 6.45) is 2.74. The highest BCUT2D eigenvalue weighted by Crippen LogP contribution is 2.36. The van der Waals surface area contributed by atoms with Crippen molar-refractivity contribution < 1.29 is 0 Å². The van der Waals surface area contributed by atoms with Crippen LogP contribution < -0.4 is 5.43 Å². The second-order valence-electron chi connectivity index (χ2n) is 3.63. The number of thioether (sulfide) groups is 1. The third-order valence-corrected chi connectivity index (χ3v) is 3.61. The lowest BCUT2D eigenvalue weighted by Crippen LogP contribution is -2.40. The number of hydrogen-bond donors (Lipinski definition) is 1. The fraction of sp³-hybridized carbons (Fsp3) is 1.00. The van der Waals surface area contributed by atoms with Crippen molar-refractivity contribution >= 4 is 11.8 Å². The zero-order valence-corrected chi connectivity index (χ0v) is 8.50. The summed E-state index contributed by atoms with van der Waals surface area (Å²) in [6.45, 7) is 3.45. The van der Waals surface area contributed by atoms with E-state index in [1.54, 1.807) is 0 Å². The third kappa shape index (κ3) is 3.01. The van der Waals surface area contributed by atoms with Gasteiger partial charge < -0.3 is 0 Å². The smallest absolute Gasteiger partial charge is 0.0270 e. The van der Waals surface area contributed by atoms with E-state index in [9.17, 15) is 0 Å². The van der Waals surface area contributed by atoms with Gasteiger partial charge in [0.05, 0.1) is 0 Å². The minimum atomic E-state index is 0.490. The van der Waals surface area contributed by atoms with Gasteiger partial charge in [0.15, 0.2) is 0 Å². The Morgan fingerprint density at radius 3 is 2.73 bits per heavy atom. The molecular weight excluding hydrogens is 156 g/mol. The predicted octanol–water partition coefficient (Wildman–Crippen LogP) is 1.34. The first-order valence-corrected chi connectivity index (χ1v) is 5.16. The van der Waals surface area contributed by atoms with Crippen LogP contribution in [-0.2, 0) is 0 Å². The maximum atomic E-state index is 3.34. The summed E-state index contributed by atoms with van der Waals surface area (Å²) < 4.78 is 0.490. The van der Waals surface area contributed by atoms with Gasteiger partial charge in [0.25, 0.3) is 0 Å². The second kappa shape index (κ2) is 3.78. The van der Waals surface area contributed by atoms with Crippen molar-refractivity contribution in [1.29, 1.82) is 0 Å². The predicted molar refractivity (Wildman–Crippen MR) is 51.8 cm³/mol. The molecule has 0 bridgehead atoms. The van der Waals surface area contributed by atoms with Gasteiger partial charge in [0.2, 0.25) is 0 Å². The molecule has 1 fully saturated rings. The topological polar surface area (TPSA) is 15.3 Å². The molecule has 0 aromatic heterocycles. The zero-order valence-electron chi connectivity index (χ0n) is 7.68. The van der Waals surface area contributed by atoms with Crippen LogP contribution in [0.25, 0.3) is 0 Å². The number of nitrogens with zero attached hydrogens (tertiary/aromatic N) is 1. The normalized spacial score (nSPS) is 31.6. The molecule has 1 aliphatic heterocycles. The summed E-state index contributed by atoms with van der Waals surface area (Å²) in [7, 11) is 4.09. The highest BCUT2D eigenvalue weighted by Gasteiger charge is 2.28. The lowest BCUT2D eigenvalue weighted by molar-refractivity contribution is 0.274. The van der Waals surface area contributed by atoms with Crippen molar-refractivity contribution in [3.8, 4) is 0 Å². The van der Waals surface area contributed by atoms with E-state index in [2.05, 4.69) is 24.1 Å². The highest BCUT2D eigenvalue weighted by molar-refractivity contribution is 8.00. The Kier molecular flexibility index (Phi) is 3.22. The van der Waals surface area contributed by atoms with Crippen LogP contribution in [0.4, 0.5) is 0 Å². The maximum Gasteiger partial charge on any atom is 0.0270 e. The summed E-state index contributed by atoms with van der Waals surface area (Å²) in [4.78, 5) is 0. The Balaban J connectivity index is 2.23. The first-order valence-electron chi connectivity index (χ1n) is 4.17. The SMILES string of the molecule is CN(C)NCC1(C)CCCS1. The van der Waals surface area contributed by atoms with Crippen LogP contribution in [0.2, 0.25) is 0 Å². The lowest BCUT2D eigenvalue weighted by Gasteiger charge is -2.25. The molecule has 11 heavy (non-hydrogen) atoms. The third-order valence-electron chi connectivity index (χ3n) is 2.07. The van der Waals surface area contributed by atoms with Gasteiger partial charge >= 0.3 is 0 Å². The number of rotatable bonds is 3. The van der Waals surface area contributed by atoms with Crippen LogP contribution in [-0.4, -0.2) is 36.1 Å². The van der Waals surface area contributed by atoms with E-state index in [0.29, 0.717) is 4.75 Å². The maximum absolute atomic E-state index is 3.34. The Morgan fingerprint density at radius 2 is 2.27 bits per heavy atom. The fourth-order valence-electron chi connectivity index (χ4n) is 1.30. The van der Waals surface area contributed by atoms with Crippen LogP contribution in [0, 0.1) is 0 Å². The Bertz CT molecular complexity index is 119. The van der Waals surface area contributed by atoms with E-state index in [-0.39, 0.29) is 0 Å². The number of nitrogens with one attached hydrogen (secondary N) is 1. The fourth-order valence-corrected chi connectivity index (χ4v) is 2.54. The van der Waals surface area contributed by atoms with Crippen molar-refractivity contribution in [2.45, 2.75) is 24.5 Å². The molecule has 1 aliphatic rings. The Morgan fingerprint density at radius 1 is 1.55 bits per heavy atom. The van der Waals surface area contributed by atoms with E-state index in [1.807, 2.05) is 19.1 Å². The molecule has 1 atom stereocenters. The average Bonchev–Trinajstić information content (AvgIpc) is 2.33. The van der Waals surface area contributed by atoms with Crippen molar-refractivity contribution in [3.63, 3.8) is 0 Å². The molecule has 1 N–H and O–H groups in total. The first-order chi connectivity index (χ1) is 5.12. The lowest BCUT2D eigenvalue weighted by atomic mass is 10.1. The molecule has 66 valence electrons. The van der Waals surface area contributed by atoms with Gasteiger partial charge in [0, 0.05) is 25.4 Å². The molecule has 0 aromatic carbocycles. The summed E-state index contributed by atoms with van der Waals surface area (Å²) in [5.41, 5.74) is 3.34. The minimum Gasteiger partial charge on any atom is -0.254 e. The molecule has 0 aliphatic carbocycles. The summed E-state index contributed by atoms with van der Waals surface area (Å²) in [5.74, 6) is 1.34. The van der Waals surface area contributed by atoms with Gasteiger partial charge in [-0.25, -0.2) is 0 Å². The Labute approximate surface area is 73.7 Å². The van der Waals surface area contributed by atoms with Crippen LogP contribution in [0.3, 0.4) is 0 Å². The van der Waals surface area contributed by atoms with Gasteiger partial charge in [-0.15, -0.1) is 0 Å². The summed E-state index contributed by atoms with van der Waals surface area (Å²) in [6, 6.07) is 0. The van der Waals surface area contributed by atoms with Crippen molar-refractivity contribution in [3.05, 3.63) is 0 Å². The standard InChI is InChI=1S/C8H18N2S/c1-8(5-4-6-11-8)7-9-10(2)3/h9H,4-7H2,1-3H3. The van der Waals surface area contributed by atoms with E-state index < -0.39 is 0 Å². The highest BCUT2D eigenvalue weighted by atomic mass is 32.2. The minimum absolute atomic E-state index is 0.490. The van der Waals surface area contributed by atoms with Crippen molar-refractivity contribution in [2.75, 3.05) is 26.4 Å². The molecule has 1 heterocycles. The number of hydrazine groups is 1. The molecule has 0 amide bonds. The molecular formula is C8H18N2S. The van der Waals surface area contributed by atoms with Crippen LogP contribution in [0.15, 0.2) is 0 Å². The van der Waals surface area contributed by atoms with Crippen molar-refractivity contribution in [2.24, 2.45) is 0 Å². The van der Waals surface area contributed by atoms with Gasteiger partial charge in [-0.2, -0.15) is 11.8 Å². The largest absolute Gasteiger partial charge is 0.254 e. The molecule has 3 heteroatoms. The molecule has 2 nitrogen and oxygen atoms in total. The van der Waals surface area contributed by atoms with Crippen LogP contribution in [0.5, 0.6) is 0 Å². The molecule has 0 radical (unpaired) electrons. The number of hydrogen-bond acceptors (Lipinski definition) is 3. The molecule has 1 rings (SSSR count). The molecule has 0 aromatic rings. The van der Waals surface area contributed by atoms with E-state index in [0.717, 1.165) is 6.54 Å². The van der Waals surface area contributed by atoms with Gasteiger partial charge in [-0.1, -0.05) is 0 Å². The summed E-state index contributed by atoms with van der Waals surface area (Å²) >= 11 is 2.10.